The van der Waals surface area contributed by atoms with Crippen molar-refractivity contribution >= 4 is 0 Å². The number of likely N-dealkylation sites (tertiary alicyclic amines) is 1. The number of methoxy groups -OCH3 is 1. The third-order valence-electron chi connectivity index (χ3n) is 4.51. The van der Waals surface area contributed by atoms with Crippen LogP contribution in [-0.4, -0.2) is 44.3 Å². The average molecular weight is 290 g/mol. The van der Waals surface area contributed by atoms with E-state index in [1.54, 1.807) is 0 Å². The van der Waals surface area contributed by atoms with Gasteiger partial charge in [0.05, 0.1) is 6.10 Å². The number of nitrogens with one attached hydrogen (secondary N) is 1. The summed E-state index contributed by atoms with van der Waals surface area (Å²) in [6.45, 7) is 8.91. The molecule has 1 N–H and O–H groups in total. The highest BCUT2D eigenvalue weighted by Crippen LogP contribution is 2.21. The zero-order valence-electron chi connectivity index (χ0n) is 13.8. The Hall–Kier alpha value is -0.900. The highest BCUT2D eigenvalue weighted by molar-refractivity contribution is 5.29. The number of hydrogen-bond acceptors (Lipinski definition) is 3. The molecule has 1 fully saturated rings. The maximum atomic E-state index is 5.47. The van der Waals surface area contributed by atoms with Gasteiger partial charge in [-0.05, 0) is 43.9 Å². The first-order valence-electron chi connectivity index (χ1n) is 8.28. The molecular formula is C18H30N2O. The third-order valence-corrected chi connectivity index (χ3v) is 4.51. The van der Waals surface area contributed by atoms with Crippen LogP contribution in [0.2, 0.25) is 0 Å². The lowest BCUT2D eigenvalue weighted by Gasteiger charge is -2.34. The predicted molar refractivity (Wildman–Crippen MR) is 88.7 cm³/mol. The van der Waals surface area contributed by atoms with Gasteiger partial charge in [-0.15, -0.1) is 0 Å². The predicted octanol–water partition coefficient (Wildman–Crippen LogP) is 3.15. The van der Waals surface area contributed by atoms with E-state index in [-0.39, 0.29) is 0 Å². The number of ether oxygens (including phenoxy) is 1. The van der Waals surface area contributed by atoms with Crippen LogP contribution >= 0.6 is 0 Å². The topological polar surface area (TPSA) is 24.5 Å². The van der Waals surface area contributed by atoms with E-state index in [1.165, 1.54) is 17.5 Å². The summed E-state index contributed by atoms with van der Waals surface area (Å²) in [5.74, 6) is 0. The van der Waals surface area contributed by atoms with Gasteiger partial charge in [-0.2, -0.15) is 0 Å². The summed E-state index contributed by atoms with van der Waals surface area (Å²) < 4.78 is 5.47. The van der Waals surface area contributed by atoms with Crippen LogP contribution in [0.25, 0.3) is 0 Å². The molecule has 0 aromatic heterocycles. The van der Waals surface area contributed by atoms with Crippen LogP contribution in [0.4, 0.5) is 0 Å². The number of benzene rings is 1. The molecule has 1 aromatic carbocycles. The molecule has 1 atom stereocenters. The molecule has 1 saturated heterocycles. The molecular weight excluding hydrogens is 260 g/mol. The van der Waals surface area contributed by atoms with Crippen molar-refractivity contribution in [1.82, 2.24) is 10.2 Å². The molecule has 0 aliphatic carbocycles. The number of rotatable bonds is 7. The number of piperidine rings is 1. The van der Waals surface area contributed by atoms with Crippen molar-refractivity contribution in [1.29, 1.82) is 0 Å². The summed E-state index contributed by atoms with van der Waals surface area (Å²) in [6, 6.07) is 9.20. The van der Waals surface area contributed by atoms with Crippen LogP contribution in [0.3, 0.4) is 0 Å². The van der Waals surface area contributed by atoms with Crippen LogP contribution in [0, 0.1) is 6.92 Å². The van der Waals surface area contributed by atoms with Crippen molar-refractivity contribution in [2.24, 2.45) is 0 Å². The van der Waals surface area contributed by atoms with Crippen molar-refractivity contribution in [3.63, 3.8) is 0 Å². The Bertz CT molecular complexity index is 413. The van der Waals surface area contributed by atoms with Gasteiger partial charge in [0.1, 0.15) is 0 Å². The zero-order valence-corrected chi connectivity index (χ0v) is 13.8. The van der Waals surface area contributed by atoms with E-state index < -0.39 is 0 Å². The summed E-state index contributed by atoms with van der Waals surface area (Å²) in [4.78, 5) is 2.58. The van der Waals surface area contributed by atoms with Crippen LogP contribution in [0.15, 0.2) is 24.3 Å². The molecule has 1 aromatic rings. The standard InChI is InChI=1S/C18H30N2O/c1-4-11-19-18(17-8-6-5-7-15(17)2)14-20-12-9-16(21-3)10-13-20/h5-8,16,18-19H,4,9-14H2,1-3H3. The number of nitrogens with zero attached hydrogens (tertiary/aromatic N) is 1. The van der Waals surface area contributed by atoms with Gasteiger partial charge in [-0.25, -0.2) is 0 Å². The SMILES string of the molecule is CCCNC(CN1CCC(OC)CC1)c1ccccc1C. The van der Waals surface area contributed by atoms with Gasteiger partial charge in [0, 0.05) is 32.8 Å². The maximum absolute atomic E-state index is 5.47. The van der Waals surface area contributed by atoms with E-state index in [4.69, 9.17) is 4.74 Å². The fraction of sp³-hybridized carbons (Fsp3) is 0.667. The van der Waals surface area contributed by atoms with E-state index >= 15 is 0 Å². The van der Waals surface area contributed by atoms with Gasteiger partial charge in [0.15, 0.2) is 0 Å². The van der Waals surface area contributed by atoms with Crippen molar-refractivity contribution < 1.29 is 4.74 Å². The van der Waals surface area contributed by atoms with E-state index in [9.17, 15) is 0 Å². The first-order chi connectivity index (χ1) is 10.2. The van der Waals surface area contributed by atoms with Crippen LogP contribution in [0.5, 0.6) is 0 Å². The van der Waals surface area contributed by atoms with E-state index in [0.717, 1.165) is 39.0 Å². The molecule has 1 aliphatic heterocycles. The second-order valence-corrected chi connectivity index (χ2v) is 6.10. The van der Waals surface area contributed by atoms with Gasteiger partial charge in [0.25, 0.3) is 0 Å². The Morgan fingerprint density at radius 3 is 2.62 bits per heavy atom. The van der Waals surface area contributed by atoms with Crippen molar-refractivity contribution in [2.75, 3.05) is 33.3 Å². The minimum absolute atomic E-state index is 0.435. The molecule has 1 unspecified atom stereocenters. The Morgan fingerprint density at radius 1 is 1.29 bits per heavy atom. The molecule has 0 amide bonds. The van der Waals surface area contributed by atoms with E-state index in [1.807, 2.05) is 7.11 Å². The van der Waals surface area contributed by atoms with Gasteiger partial charge >= 0.3 is 0 Å². The fourth-order valence-electron chi connectivity index (χ4n) is 3.15. The fourth-order valence-corrected chi connectivity index (χ4v) is 3.15. The largest absolute Gasteiger partial charge is 0.381 e. The first-order valence-corrected chi connectivity index (χ1v) is 8.28. The minimum atomic E-state index is 0.435. The monoisotopic (exact) mass is 290 g/mol. The Kier molecular flexibility index (Phi) is 6.68. The Labute approximate surface area is 129 Å². The van der Waals surface area contributed by atoms with Gasteiger partial charge in [-0.1, -0.05) is 31.2 Å². The summed E-state index contributed by atoms with van der Waals surface area (Å²) >= 11 is 0. The average Bonchev–Trinajstić information content (AvgIpc) is 2.53. The second-order valence-electron chi connectivity index (χ2n) is 6.10. The third kappa shape index (κ3) is 4.80. The van der Waals surface area contributed by atoms with Crippen molar-refractivity contribution in [2.45, 2.75) is 45.3 Å². The summed E-state index contributed by atoms with van der Waals surface area (Å²) in [5, 5.41) is 3.73. The lowest BCUT2D eigenvalue weighted by atomic mass is 9.99. The Morgan fingerprint density at radius 2 is 2.00 bits per heavy atom. The quantitative estimate of drug-likeness (QED) is 0.835. The highest BCUT2D eigenvalue weighted by atomic mass is 16.5. The van der Waals surface area contributed by atoms with Crippen LogP contribution < -0.4 is 5.32 Å². The van der Waals surface area contributed by atoms with Gasteiger partial charge in [0.2, 0.25) is 0 Å². The first kappa shape index (κ1) is 16.5. The normalized spacial score (nSPS) is 18.8. The molecule has 1 heterocycles. The van der Waals surface area contributed by atoms with E-state index in [0.29, 0.717) is 12.1 Å². The molecule has 2 rings (SSSR count). The Balaban J connectivity index is 1.98. The van der Waals surface area contributed by atoms with Crippen molar-refractivity contribution in [3.8, 4) is 0 Å². The maximum Gasteiger partial charge on any atom is 0.0595 e. The van der Waals surface area contributed by atoms with Crippen LogP contribution in [0.1, 0.15) is 43.4 Å². The highest BCUT2D eigenvalue weighted by Gasteiger charge is 2.22. The number of aryl methyl sites for hydroxylation is 1. The molecule has 0 radical (unpaired) electrons. The summed E-state index contributed by atoms with van der Waals surface area (Å²) in [7, 11) is 1.83. The minimum Gasteiger partial charge on any atom is -0.381 e. The summed E-state index contributed by atoms with van der Waals surface area (Å²) in [5.41, 5.74) is 2.83. The van der Waals surface area contributed by atoms with Gasteiger partial charge in [-0.3, -0.25) is 0 Å². The van der Waals surface area contributed by atoms with E-state index in [2.05, 4.69) is 48.3 Å². The molecule has 0 spiro atoms. The molecule has 118 valence electrons. The summed E-state index contributed by atoms with van der Waals surface area (Å²) in [6.07, 6.45) is 3.95. The van der Waals surface area contributed by atoms with Crippen molar-refractivity contribution in [3.05, 3.63) is 35.4 Å². The molecule has 0 bridgehead atoms. The molecule has 21 heavy (non-hydrogen) atoms. The molecule has 1 aliphatic rings. The smallest absolute Gasteiger partial charge is 0.0595 e. The van der Waals surface area contributed by atoms with Crippen LogP contribution in [-0.2, 0) is 4.74 Å². The zero-order chi connectivity index (χ0) is 15.1. The lowest BCUT2D eigenvalue weighted by Crippen LogP contribution is -2.42. The lowest BCUT2D eigenvalue weighted by molar-refractivity contribution is 0.0383. The van der Waals surface area contributed by atoms with Gasteiger partial charge < -0.3 is 15.0 Å². The number of hydrogen-bond donors (Lipinski definition) is 1. The molecule has 3 nitrogen and oxygen atoms in total. The second kappa shape index (κ2) is 8.52. The molecule has 3 heteroatoms. The molecule has 0 saturated carbocycles.